The minimum absolute atomic E-state index is 0.0428. The number of rotatable bonds is 7. The van der Waals surface area contributed by atoms with Gasteiger partial charge in [0.15, 0.2) is 12.3 Å². The van der Waals surface area contributed by atoms with Gasteiger partial charge in [0.1, 0.15) is 11.6 Å². The smallest absolute Gasteiger partial charge is 0.225 e. The van der Waals surface area contributed by atoms with Gasteiger partial charge < -0.3 is 15.0 Å². The molecule has 2 aliphatic rings. The number of aryl methyl sites for hydroxylation is 1. The van der Waals surface area contributed by atoms with Crippen molar-refractivity contribution in [1.29, 1.82) is 0 Å². The van der Waals surface area contributed by atoms with Crippen molar-refractivity contribution >= 4 is 17.5 Å². The Morgan fingerprint density at radius 2 is 2.00 bits per heavy atom. The van der Waals surface area contributed by atoms with Crippen LogP contribution in [-0.4, -0.2) is 47.0 Å². The Bertz CT molecular complexity index is 816. The van der Waals surface area contributed by atoms with Crippen molar-refractivity contribution in [2.75, 3.05) is 36.5 Å². The molecule has 4 heterocycles. The van der Waals surface area contributed by atoms with Gasteiger partial charge in [-0.25, -0.2) is 15.0 Å². The van der Waals surface area contributed by atoms with Crippen LogP contribution in [0.1, 0.15) is 48.7 Å². The van der Waals surface area contributed by atoms with E-state index in [9.17, 15) is 4.79 Å². The highest BCUT2D eigenvalue weighted by molar-refractivity contribution is 6.00. The van der Waals surface area contributed by atoms with E-state index < -0.39 is 0 Å². The number of ketones is 1. The van der Waals surface area contributed by atoms with Gasteiger partial charge in [-0.1, -0.05) is 6.92 Å². The number of Topliss-reactive ketones (excluding diaryl/α,β-unsaturated/α-hetero) is 1. The van der Waals surface area contributed by atoms with Crippen LogP contribution in [0, 0.1) is 5.92 Å². The van der Waals surface area contributed by atoms with Crippen LogP contribution in [0.5, 0.6) is 5.75 Å². The maximum Gasteiger partial charge on any atom is 0.225 e. The number of nitrogens with zero attached hydrogens (tertiary/aromatic N) is 4. The molecule has 0 radical (unpaired) electrons. The fraction of sp³-hybridized carbons (Fsp3) is 0.524. The van der Waals surface area contributed by atoms with E-state index in [-0.39, 0.29) is 12.4 Å². The molecule has 0 amide bonds. The maximum atomic E-state index is 11.7. The van der Waals surface area contributed by atoms with Gasteiger partial charge in [-0.2, -0.15) is 0 Å². The lowest BCUT2D eigenvalue weighted by molar-refractivity contribution is 0.0958. The molecule has 0 aliphatic carbocycles. The predicted octanol–water partition coefficient (Wildman–Crippen LogP) is 3.12. The second-order valence-corrected chi connectivity index (χ2v) is 7.50. The number of hydrogen-bond donors (Lipinski definition) is 1. The van der Waals surface area contributed by atoms with E-state index >= 15 is 0 Å². The first-order valence-corrected chi connectivity index (χ1v) is 10.2. The third-order valence-electron chi connectivity index (χ3n) is 5.57. The molecule has 0 aromatic carbocycles. The van der Waals surface area contributed by atoms with Gasteiger partial charge in [0.2, 0.25) is 11.7 Å². The average molecular weight is 381 g/mol. The number of pyridine rings is 1. The van der Waals surface area contributed by atoms with Crippen LogP contribution < -0.4 is 15.0 Å². The van der Waals surface area contributed by atoms with E-state index in [1.165, 1.54) is 24.8 Å². The summed E-state index contributed by atoms with van der Waals surface area (Å²) in [5.74, 6) is 2.91. The lowest BCUT2D eigenvalue weighted by atomic mass is 9.92. The van der Waals surface area contributed by atoms with Crippen LogP contribution in [0.4, 0.5) is 11.8 Å². The normalized spacial score (nSPS) is 16.8. The minimum atomic E-state index is -0.0428. The van der Waals surface area contributed by atoms with Crippen molar-refractivity contribution in [1.82, 2.24) is 15.0 Å². The molecular formula is C21H27N5O2. The number of carbonyl (C=O) groups is 1. The molecule has 2 aromatic heterocycles. The number of carbonyl (C=O) groups excluding carboxylic acids is 1. The SMILES string of the molecule is CCc1cnc(N2CCC(CCCNc3ccc4c(n3)C(=O)CO4)CC2)nc1. The summed E-state index contributed by atoms with van der Waals surface area (Å²) in [4.78, 5) is 27.4. The lowest BCUT2D eigenvalue weighted by Crippen LogP contribution is -2.35. The molecule has 7 nitrogen and oxygen atoms in total. The minimum Gasteiger partial charge on any atom is -0.483 e. The van der Waals surface area contributed by atoms with Crippen LogP contribution in [0.25, 0.3) is 0 Å². The van der Waals surface area contributed by atoms with Gasteiger partial charge in [0.25, 0.3) is 0 Å². The molecule has 0 saturated carbocycles. The quantitative estimate of drug-likeness (QED) is 0.738. The summed E-state index contributed by atoms with van der Waals surface area (Å²) in [7, 11) is 0. The Morgan fingerprint density at radius 3 is 2.75 bits per heavy atom. The molecule has 148 valence electrons. The predicted molar refractivity (Wildman–Crippen MR) is 108 cm³/mol. The van der Waals surface area contributed by atoms with Crippen LogP contribution in [0.2, 0.25) is 0 Å². The Balaban J connectivity index is 1.18. The van der Waals surface area contributed by atoms with Gasteiger partial charge >= 0.3 is 0 Å². The first kappa shape index (κ1) is 18.7. The largest absolute Gasteiger partial charge is 0.483 e. The number of fused-ring (bicyclic) bond motifs is 1. The zero-order valence-electron chi connectivity index (χ0n) is 16.4. The van der Waals surface area contributed by atoms with Crippen LogP contribution >= 0.6 is 0 Å². The van der Waals surface area contributed by atoms with Crippen LogP contribution in [0.15, 0.2) is 24.5 Å². The Morgan fingerprint density at radius 1 is 1.21 bits per heavy atom. The number of ether oxygens (including phenoxy) is 1. The molecule has 1 N–H and O–H groups in total. The molecule has 2 aliphatic heterocycles. The molecule has 1 fully saturated rings. The summed E-state index contributed by atoms with van der Waals surface area (Å²) < 4.78 is 5.27. The topological polar surface area (TPSA) is 80.2 Å². The number of piperidine rings is 1. The molecule has 7 heteroatoms. The van der Waals surface area contributed by atoms with Crippen molar-refractivity contribution in [3.05, 3.63) is 35.8 Å². The van der Waals surface area contributed by atoms with E-state index in [0.29, 0.717) is 11.4 Å². The highest BCUT2D eigenvalue weighted by atomic mass is 16.5. The van der Waals surface area contributed by atoms with Crippen molar-refractivity contribution in [2.24, 2.45) is 5.92 Å². The standard InChI is InChI=1S/C21H27N5O2/c1-2-15-12-23-21(24-13-15)26-10-7-16(8-11-26)4-3-9-22-19-6-5-18-20(25-19)17(27)14-28-18/h5-6,12-13,16H,2-4,7-11,14H2,1H3,(H,22,25). The monoisotopic (exact) mass is 381 g/mol. The molecule has 0 spiro atoms. The third-order valence-corrected chi connectivity index (χ3v) is 5.57. The fourth-order valence-corrected chi connectivity index (χ4v) is 3.80. The second-order valence-electron chi connectivity index (χ2n) is 7.50. The average Bonchev–Trinajstić information content (AvgIpc) is 3.12. The molecule has 0 bridgehead atoms. The molecule has 0 unspecified atom stereocenters. The Hall–Kier alpha value is -2.70. The highest BCUT2D eigenvalue weighted by Crippen LogP contribution is 2.26. The van der Waals surface area contributed by atoms with E-state index in [4.69, 9.17) is 4.74 Å². The molecule has 2 aromatic rings. The maximum absolute atomic E-state index is 11.7. The summed E-state index contributed by atoms with van der Waals surface area (Å²) in [5.41, 5.74) is 1.63. The van der Waals surface area contributed by atoms with Gasteiger partial charge in [0, 0.05) is 32.0 Å². The first-order chi connectivity index (χ1) is 13.7. The van der Waals surface area contributed by atoms with Crippen LogP contribution in [0.3, 0.4) is 0 Å². The van der Waals surface area contributed by atoms with Gasteiger partial charge in [-0.05, 0) is 55.7 Å². The summed E-state index contributed by atoms with van der Waals surface area (Å²) in [6.45, 7) is 5.14. The molecule has 4 rings (SSSR count). The second kappa shape index (κ2) is 8.54. The number of nitrogens with one attached hydrogen (secondary N) is 1. The van der Waals surface area contributed by atoms with Crippen molar-refractivity contribution in [2.45, 2.75) is 39.0 Å². The molecule has 0 atom stereocenters. The number of anilines is 2. The molecule has 28 heavy (non-hydrogen) atoms. The Kier molecular flexibility index (Phi) is 5.69. The lowest BCUT2D eigenvalue weighted by Gasteiger charge is -2.32. The zero-order chi connectivity index (χ0) is 19.3. The fourth-order valence-electron chi connectivity index (χ4n) is 3.80. The van der Waals surface area contributed by atoms with E-state index in [2.05, 4.69) is 32.1 Å². The summed E-state index contributed by atoms with van der Waals surface area (Å²) in [5, 5.41) is 3.33. The van der Waals surface area contributed by atoms with Crippen LogP contribution in [-0.2, 0) is 6.42 Å². The van der Waals surface area contributed by atoms with E-state index in [0.717, 1.165) is 50.2 Å². The van der Waals surface area contributed by atoms with Gasteiger partial charge in [-0.15, -0.1) is 0 Å². The van der Waals surface area contributed by atoms with Crippen molar-refractivity contribution in [3.8, 4) is 5.75 Å². The van der Waals surface area contributed by atoms with E-state index in [1.807, 2.05) is 24.5 Å². The number of hydrogen-bond acceptors (Lipinski definition) is 7. The number of aromatic nitrogens is 3. The highest BCUT2D eigenvalue weighted by Gasteiger charge is 2.23. The van der Waals surface area contributed by atoms with Gasteiger partial charge in [-0.3, -0.25) is 4.79 Å². The van der Waals surface area contributed by atoms with Gasteiger partial charge in [0.05, 0.1) is 0 Å². The Labute approximate surface area is 165 Å². The molecular weight excluding hydrogens is 354 g/mol. The van der Waals surface area contributed by atoms with Crippen molar-refractivity contribution < 1.29 is 9.53 Å². The summed E-state index contributed by atoms with van der Waals surface area (Å²) >= 11 is 0. The molecule has 1 saturated heterocycles. The van der Waals surface area contributed by atoms with Crippen molar-refractivity contribution in [3.63, 3.8) is 0 Å². The zero-order valence-corrected chi connectivity index (χ0v) is 16.4. The third kappa shape index (κ3) is 4.24. The summed E-state index contributed by atoms with van der Waals surface area (Å²) in [6.07, 6.45) is 9.50. The summed E-state index contributed by atoms with van der Waals surface area (Å²) in [6, 6.07) is 3.69. The first-order valence-electron chi connectivity index (χ1n) is 10.2. The van der Waals surface area contributed by atoms with E-state index in [1.54, 1.807) is 0 Å².